The predicted molar refractivity (Wildman–Crippen MR) is 72.6 cm³/mol. The minimum atomic E-state index is -3.38. The molecule has 2 N–H and O–H groups in total. The Morgan fingerprint density at radius 2 is 1.68 bits per heavy atom. The number of carbonyl (C=O) groups excluding carboxylic acids is 1. The molecule has 0 aliphatic rings. The molecule has 7 heteroatoms. The van der Waals surface area contributed by atoms with Crippen LogP contribution in [0.5, 0.6) is 0 Å². The zero-order valence-corrected chi connectivity index (χ0v) is 12.7. The number of aliphatic carboxylic acids is 1. The SMILES string of the molecule is CC(CCCC(C)C(=O)O)NC(=O)C(C)S(C)(=O)=O. The topological polar surface area (TPSA) is 101 Å². The third kappa shape index (κ3) is 7.15. The highest BCUT2D eigenvalue weighted by atomic mass is 32.2. The van der Waals surface area contributed by atoms with Gasteiger partial charge in [0.1, 0.15) is 5.25 Å². The van der Waals surface area contributed by atoms with E-state index in [1.807, 2.05) is 0 Å². The minimum absolute atomic E-state index is 0.169. The van der Waals surface area contributed by atoms with E-state index in [0.29, 0.717) is 19.3 Å². The molecule has 19 heavy (non-hydrogen) atoms. The van der Waals surface area contributed by atoms with Crippen LogP contribution in [0.2, 0.25) is 0 Å². The van der Waals surface area contributed by atoms with E-state index in [1.54, 1.807) is 13.8 Å². The molecule has 0 aliphatic carbocycles. The normalized spacial score (nSPS) is 16.4. The van der Waals surface area contributed by atoms with E-state index in [-0.39, 0.29) is 6.04 Å². The van der Waals surface area contributed by atoms with Gasteiger partial charge in [-0.3, -0.25) is 9.59 Å². The Labute approximate surface area is 114 Å². The van der Waals surface area contributed by atoms with Gasteiger partial charge in [-0.05, 0) is 26.7 Å². The summed E-state index contributed by atoms with van der Waals surface area (Å²) in [7, 11) is -3.38. The van der Waals surface area contributed by atoms with Gasteiger partial charge in [0, 0.05) is 12.3 Å². The van der Waals surface area contributed by atoms with Crippen LogP contribution in [0, 0.1) is 5.92 Å². The first-order valence-electron chi connectivity index (χ1n) is 6.27. The Morgan fingerprint density at radius 3 is 2.11 bits per heavy atom. The Balaban J connectivity index is 4.09. The van der Waals surface area contributed by atoms with E-state index < -0.39 is 32.9 Å². The van der Waals surface area contributed by atoms with Crippen molar-refractivity contribution in [3.63, 3.8) is 0 Å². The van der Waals surface area contributed by atoms with Gasteiger partial charge in [0.05, 0.1) is 5.92 Å². The highest BCUT2D eigenvalue weighted by molar-refractivity contribution is 7.92. The van der Waals surface area contributed by atoms with Crippen LogP contribution in [0.4, 0.5) is 0 Å². The van der Waals surface area contributed by atoms with Gasteiger partial charge in [-0.25, -0.2) is 8.42 Å². The number of carbonyl (C=O) groups is 2. The maximum absolute atomic E-state index is 11.6. The maximum atomic E-state index is 11.6. The summed E-state index contributed by atoms with van der Waals surface area (Å²) < 4.78 is 22.4. The van der Waals surface area contributed by atoms with Crippen molar-refractivity contribution < 1.29 is 23.1 Å². The molecule has 0 heterocycles. The summed E-state index contributed by atoms with van der Waals surface area (Å²) in [4.78, 5) is 22.2. The fraction of sp³-hybridized carbons (Fsp3) is 0.833. The lowest BCUT2D eigenvalue weighted by Gasteiger charge is -2.17. The number of nitrogens with one attached hydrogen (secondary N) is 1. The Bertz CT molecular complexity index is 418. The maximum Gasteiger partial charge on any atom is 0.306 e. The largest absolute Gasteiger partial charge is 0.481 e. The van der Waals surface area contributed by atoms with Crippen LogP contribution in [-0.4, -0.2) is 42.9 Å². The van der Waals surface area contributed by atoms with Crippen LogP contribution in [0.3, 0.4) is 0 Å². The average Bonchev–Trinajstić information content (AvgIpc) is 2.26. The summed E-state index contributed by atoms with van der Waals surface area (Å²) in [5, 5.41) is 10.3. The molecular weight excluding hydrogens is 270 g/mol. The van der Waals surface area contributed by atoms with Crippen molar-refractivity contribution in [2.24, 2.45) is 5.92 Å². The highest BCUT2D eigenvalue weighted by Gasteiger charge is 2.24. The molecule has 1 amide bonds. The summed E-state index contributed by atoms with van der Waals surface area (Å²) in [6.45, 7) is 4.76. The number of carboxylic acids is 1. The zero-order chi connectivity index (χ0) is 15.2. The summed E-state index contributed by atoms with van der Waals surface area (Å²) >= 11 is 0. The van der Waals surface area contributed by atoms with Crippen LogP contribution in [0.1, 0.15) is 40.0 Å². The number of hydrogen-bond acceptors (Lipinski definition) is 4. The first kappa shape index (κ1) is 17.9. The molecule has 0 aromatic rings. The van der Waals surface area contributed by atoms with Crippen molar-refractivity contribution >= 4 is 21.7 Å². The van der Waals surface area contributed by atoms with Gasteiger partial charge in [-0.2, -0.15) is 0 Å². The Kier molecular flexibility index (Phi) is 7.04. The molecular formula is C12H23NO5S. The summed E-state index contributed by atoms with van der Waals surface area (Å²) in [5.41, 5.74) is 0. The van der Waals surface area contributed by atoms with Crippen molar-refractivity contribution in [3.8, 4) is 0 Å². The van der Waals surface area contributed by atoms with E-state index in [9.17, 15) is 18.0 Å². The highest BCUT2D eigenvalue weighted by Crippen LogP contribution is 2.10. The van der Waals surface area contributed by atoms with Crippen molar-refractivity contribution in [3.05, 3.63) is 0 Å². The quantitative estimate of drug-likeness (QED) is 0.690. The molecule has 3 atom stereocenters. The molecule has 0 bridgehead atoms. The summed E-state index contributed by atoms with van der Waals surface area (Å²) in [6.07, 6.45) is 2.86. The van der Waals surface area contributed by atoms with Gasteiger partial charge in [-0.15, -0.1) is 0 Å². The molecule has 6 nitrogen and oxygen atoms in total. The van der Waals surface area contributed by atoms with Gasteiger partial charge < -0.3 is 10.4 Å². The molecule has 0 spiro atoms. The van der Waals surface area contributed by atoms with Gasteiger partial charge in [-0.1, -0.05) is 13.3 Å². The van der Waals surface area contributed by atoms with E-state index >= 15 is 0 Å². The standard InChI is InChI=1S/C12H23NO5S/c1-8(12(15)16)6-5-7-9(2)13-11(14)10(3)19(4,17)18/h8-10H,5-7H2,1-4H3,(H,13,14)(H,15,16). The van der Waals surface area contributed by atoms with E-state index in [2.05, 4.69) is 5.32 Å². The molecule has 0 fully saturated rings. The van der Waals surface area contributed by atoms with Crippen molar-refractivity contribution in [2.45, 2.75) is 51.3 Å². The number of carboxylic acid groups (broad SMARTS) is 1. The first-order chi connectivity index (χ1) is 8.55. The lowest BCUT2D eigenvalue weighted by molar-refractivity contribution is -0.141. The van der Waals surface area contributed by atoms with Gasteiger partial charge in [0.2, 0.25) is 5.91 Å². The lowest BCUT2D eigenvalue weighted by atomic mass is 10.0. The van der Waals surface area contributed by atoms with Crippen LogP contribution < -0.4 is 5.32 Å². The second kappa shape index (κ2) is 7.47. The molecule has 0 aromatic carbocycles. The minimum Gasteiger partial charge on any atom is -0.481 e. The Hall–Kier alpha value is -1.11. The van der Waals surface area contributed by atoms with Crippen LogP contribution in [-0.2, 0) is 19.4 Å². The molecule has 0 saturated carbocycles. The zero-order valence-electron chi connectivity index (χ0n) is 11.8. The fourth-order valence-electron chi connectivity index (χ4n) is 1.48. The number of sulfone groups is 1. The van der Waals surface area contributed by atoms with Crippen molar-refractivity contribution in [2.75, 3.05) is 6.26 Å². The number of hydrogen-bond donors (Lipinski definition) is 2. The second-order valence-corrected chi connectivity index (χ2v) is 7.42. The number of rotatable bonds is 8. The van der Waals surface area contributed by atoms with E-state index in [0.717, 1.165) is 6.26 Å². The second-order valence-electron chi connectivity index (χ2n) is 5.05. The Morgan fingerprint density at radius 1 is 1.16 bits per heavy atom. The summed E-state index contributed by atoms with van der Waals surface area (Å²) in [6, 6.07) is -0.169. The van der Waals surface area contributed by atoms with Crippen molar-refractivity contribution in [1.29, 1.82) is 0 Å². The third-order valence-corrected chi connectivity index (χ3v) is 4.59. The molecule has 112 valence electrons. The smallest absolute Gasteiger partial charge is 0.306 e. The molecule has 0 aromatic heterocycles. The summed E-state index contributed by atoms with van der Waals surface area (Å²) in [5.74, 6) is -1.75. The van der Waals surface area contributed by atoms with Crippen molar-refractivity contribution in [1.82, 2.24) is 5.32 Å². The first-order valence-corrected chi connectivity index (χ1v) is 8.23. The molecule has 0 saturated heterocycles. The molecule has 0 rings (SSSR count). The molecule has 3 unspecified atom stereocenters. The number of amides is 1. The molecule has 0 radical (unpaired) electrons. The van der Waals surface area contributed by atoms with Crippen LogP contribution >= 0.6 is 0 Å². The third-order valence-electron chi connectivity index (χ3n) is 3.10. The van der Waals surface area contributed by atoms with Crippen LogP contribution in [0.15, 0.2) is 0 Å². The fourth-order valence-corrected chi connectivity index (χ4v) is 1.94. The van der Waals surface area contributed by atoms with Gasteiger partial charge in [0.15, 0.2) is 9.84 Å². The monoisotopic (exact) mass is 293 g/mol. The van der Waals surface area contributed by atoms with Gasteiger partial charge in [0.25, 0.3) is 0 Å². The van der Waals surface area contributed by atoms with E-state index in [1.165, 1.54) is 6.92 Å². The van der Waals surface area contributed by atoms with E-state index in [4.69, 9.17) is 5.11 Å². The van der Waals surface area contributed by atoms with Crippen LogP contribution in [0.25, 0.3) is 0 Å². The lowest BCUT2D eigenvalue weighted by Crippen LogP contribution is -2.41. The predicted octanol–water partition coefficient (Wildman–Crippen LogP) is 0.815. The molecule has 0 aliphatic heterocycles. The average molecular weight is 293 g/mol. The van der Waals surface area contributed by atoms with Gasteiger partial charge >= 0.3 is 5.97 Å².